The first-order valence-corrected chi connectivity index (χ1v) is 9.59. The molecule has 0 bridgehead atoms. The number of likely N-dealkylation sites (N-methyl/N-ethyl adjacent to an activating group) is 1. The zero-order valence-corrected chi connectivity index (χ0v) is 15.9. The Balaban J connectivity index is 1.80. The molecule has 26 heavy (non-hydrogen) atoms. The Morgan fingerprint density at radius 2 is 1.96 bits per heavy atom. The van der Waals surface area contributed by atoms with Crippen LogP contribution in [0.15, 0.2) is 18.2 Å². The summed E-state index contributed by atoms with van der Waals surface area (Å²) >= 11 is 0. The van der Waals surface area contributed by atoms with Crippen molar-refractivity contribution in [1.82, 2.24) is 19.9 Å². The number of nitrogens with zero attached hydrogens (tertiary/aromatic N) is 4. The first-order chi connectivity index (χ1) is 12.6. The standard InChI is InChI=1S/C20H28N6/c1-4-5-13(2)20-23-17-15-12-14(26-10-8-25(3)9-11-26)6-7-16(15)22-19(21)18(17)24-20/h6-7,12-13H,4-5,8-11H2,1-3H3,(H2,21,22)(H,23,24). The van der Waals surface area contributed by atoms with Gasteiger partial charge in [-0.3, -0.25) is 0 Å². The minimum absolute atomic E-state index is 0.391. The van der Waals surface area contributed by atoms with Gasteiger partial charge >= 0.3 is 0 Å². The third-order valence-electron chi connectivity index (χ3n) is 5.51. The summed E-state index contributed by atoms with van der Waals surface area (Å²) in [5, 5.41) is 1.08. The van der Waals surface area contributed by atoms with Crippen molar-refractivity contribution in [1.29, 1.82) is 0 Å². The van der Waals surface area contributed by atoms with Crippen molar-refractivity contribution in [3.8, 4) is 0 Å². The Bertz CT molecular complexity index is 923. The van der Waals surface area contributed by atoms with Gasteiger partial charge in [-0.25, -0.2) is 9.97 Å². The Morgan fingerprint density at radius 3 is 2.69 bits per heavy atom. The fraction of sp³-hybridized carbons (Fsp3) is 0.500. The fourth-order valence-corrected chi connectivity index (χ4v) is 3.83. The molecule has 1 aliphatic rings. The number of hydrogen-bond acceptors (Lipinski definition) is 5. The molecule has 1 unspecified atom stereocenters. The largest absolute Gasteiger partial charge is 0.382 e. The van der Waals surface area contributed by atoms with E-state index in [4.69, 9.17) is 10.7 Å². The van der Waals surface area contributed by atoms with Crippen LogP contribution in [0.4, 0.5) is 11.5 Å². The first kappa shape index (κ1) is 17.1. The number of fused-ring (bicyclic) bond motifs is 3. The summed E-state index contributed by atoms with van der Waals surface area (Å²) in [4.78, 5) is 17.8. The number of hydrogen-bond donors (Lipinski definition) is 2. The number of pyridine rings is 1. The molecule has 2 aromatic heterocycles. The van der Waals surface area contributed by atoms with E-state index in [1.165, 1.54) is 5.69 Å². The molecule has 1 fully saturated rings. The van der Waals surface area contributed by atoms with Crippen molar-refractivity contribution in [3.63, 3.8) is 0 Å². The number of benzene rings is 1. The zero-order valence-electron chi connectivity index (χ0n) is 15.9. The van der Waals surface area contributed by atoms with E-state index in [9.17, 15) is 0 Å². The Kier molecular flexibility index (Phi) is 4.44. The van der Waals surface area contributed by atoms with Crippen LogP contribution in [-0.2, 0) is 0 Å². The normalized spacial score (nSPS) is 17.3. The number of anilines is 2. The molecule has 0 radical (unpaired) electrons. The topological polar surface area (TPSA) is 74.1 Å². The number of aromatic nitrogens is 3. The maximum absolute atomic E-state index is 6.21. The maximum Gasteiger partial charge on any atom is 0.150 e. The van der Waals surface area contributed by atoms with Crippen LogP contribution in [-0.4, -0.2) is 53.1 Å². The van der Waals surface area contributed by atoms with Crippen molar-refractivity contribution in [2.45, 2.75) is 32.6 Å². The van der Waals surface area contributed by atoms with Crippen molar-refractivity contribution in [2.24, 2.45) is 0 Å². The van der Waals surface area contributed by atoms with Crippen molar-refractivity contribution in [2.75, 3.05) is 43.9 Å². The van der Waals surface area contributed by atoms with Gasteiger partial charge < -0.3 is 20.5 Å². The molecule has 6 nitrogen and oxygen atoms in total. The molecular weight excluding hydrogens is 324 g/mol. The number of imidazole rings is 1. The third-order valence-corrected chi connectivity index (χ3v) is 5.51. The van der Waals surface area contributed by atoms with Crippen molar-refractivity contribution < 1.29 is 0 Å². The van der Waals surface area contributed by atoms with Crippen LogP contribution < -0.4 is 10.6 Å². The van der Waals surface area contributed by atoms with E-state index in [1.54, 1.807) is 0 Å². The second kappa shape index (κ2) is 6.76. The summed E-state index contributed by atoms with van der Waals surface area (Å²) in [5.41, 5.74) is 10.2. The number of aromatic amines is 1. The molecule has 3 heterocycles. The van der Waals surface area contributed by atoms with Gasteiger partial charge in [0, 0.05) is 43.2 Å². The summed E-state index contributed by atoms with van der Waals surface area (Å²) in [7, 11) is 2.18. The summed E-state index contributed by atoms with van der Waals surface area (Å²) < 4.78 is 0. The average molecular weight is 352 g/mol. The molecule has 1 aromatic carbocycles. The summed E-state index contributed by atoms with van der Waals surface area (Å²) in [6.45, 7) is 8.69. The molecule has 1 aliphatic heterocycles. The molecule has 1 atom stereocenters. The van der Waals surface area contributed by atoms with Crippen LogP contribution >= 0.6 is 0 Å². The van der Waals surface area contributed by atoms with E-state index in [0.717, 1.165) is 66.8 Å². The number of nitrogen functional groups attached to an aromatic ring is 1. The van der Waals surface area contributed by atoms with Crippen LogP contribution in [0.2, 0.25) is 0 Å². The lowest BCUT2D eigenvalue weighted by Crippen LogP contribution is -2.44. The summed E-state index contributed by atoms with van der Waals surface area (Å²) in [5.74, 6) is 1.93. The molecule has 0 amide bonds. The number of piperazine rings is 1. The van der Waals surface area contributed by atoms with Gasteiger partial charge in [-0.05, 0) is 31.7 Å². The second-order valence-corrected chi connectivity index (χ2v) is 7.52. The van der Waals surface area contributed by atoms with Crippen LogP contribution in [0.1, 0.15) is 38.4 Å². The number of nitrogens with two attached hydrogens (primary N) is 1. The predicted octanol–water partition coefficient (Wildman–Crippen LogP) is 3.35. The zero-order chi connectivity index (χ0) is 18.3. The molecule has 6 heteroatoms. The van der Waals surface area contributed by atoms with Gasteiger partial charge in [-0.2, -0.15) is 0 Å². The second-order valence-electron chi connectivity index (χ2n) is 7.52. The highest BCUT2D eigenvalue weighted by Gasteiger charge is 2.18. The predicted molar refractivity (Wildman–Crippen MR) is 109 cm³/mol. The van der Waals surface area contributed by atoms with Gasteiger partial charge in [-0.1, -0.05) is 20.3 Å². The molecule has 138 valence electrons. The van der Waals surface area contributed by atoms with Gasteiger partial charge in [0.25, 0.3) is 0 Å². The summed E-state index contributed by atoms with van der Waals surface area (Å²) in [6, 6.07) is 6.45. The molecule has 0 saturated carbocycles. The fourth-order valence-electron chi connectivity index (χ4n) is 3.83. The number of nitrogens with one attached hydrogen (secondary N) is 1. The van der Waals surface area contributed by atoms with Gasteiger partial charge in [0.15, 0.2) is 0 Å². The van der Waals surface area contributed by atoms with Gasteiger partial charge in [0.2, 0.25) is 0 Å². The Morgan fingerprint density at radius 1 is 1.19 bits per heavy atom. The highest BCUT2D eigenvalue weighted by Crippen LogP contribution is 2.31. The Labute approximate surface area is 154 Å². The van der Waals surface area contributed by atoms with Gasteiger partial charge in [0.05, 0.1) is 5.52 Å². The molecule has 3 aromatic rings. The Hall–Kier alpha value is -2.34. The van der Waals surface area contributed by atoms with Gasteiger partial charge in [0.1, 0.15) is 22.7 Å². The molecule has 3 N–H and O–H groups in total. The maximum atomic E-state index is 6.21. The molecule has 0 aliphatic carbocycles. The lowest BCUT2D eigenvalue weighted by molar-refractivity contribution is 0.313. The highest BCUT2D eigenvalue weighted by atomic mass is 15.2. The first-order valence-electron chi connectivity index (χ1n) is 9.59. The van der Waals surface area contributed by atoms with Crippen LogP contribution in [0.5, 0.6) is 0 Å². The lowest BCUT2D eigenvalue weighted by Gasteiger charge is -2.34. The van der Waals surface area contributed by atoms with Crippen molar-refractivity contribution >= 4 is 33.4 Å². The lowest BCUT2D eigenvalue weighted by atomic mass is 10.1. The molecule has 0 spiro atoms. The van der Waals surface area contributed by atoms with Gasteiger partial charge in [-0.15, -0.1) is 0 Å². The van der Waals surface area contributed by atoms with Crippen molar-refractivity contribution in [3.05, 3.63) is 24.0 Å². The minimum atomic E-state index is 0.391. The summed E-state index contributed by atoms with van der Waals surface area (Å²) in [6.07, 6.45) is 2.25. The minimum Gasteiger partial charge on any atom is -0.382 e. The van der Waals surface area contributed by atoms with E-state index in [1.807, 2.05) is 0 Å². The number of H-pyrrole nitrogens is 1. The van der Waals surface area contributed by atoms with Crippen LogP contribution in [0, 0.1) is 0 Å². The van der Waals surface area contributed by atoms with Crippen LogP contribution in [0.3, 0.4) is 0 Å². The van der Waals surface area contributed by atoms with E-state index >= 15 is 0 Å². The third kappa shape index (κ3) is 2.98. The van der Waals surface area contributed by atoms with Crippen LogP contribution in [0.25, 0.3) is 21.9 Å². The molecule has 4 rings (SSSR count). The smallest absolute Gasteiger partial charge is 0.150 e. The SMILES string of the molecule is CCCC(C)c1nc2c([nH]1)c(N)nc1ccc(N3CCN(C)CC3)cc12. The van der Waals surface area contributed by atoms with E-state index in [0.29, 0.717) is 11.7 Å². The molecule has 1 saturated heterocycles. The molecular formula is C20H28N6. The average Bonchev–Trinajstić information content (AvgIpc) is 3.09. The quantitative estimate of drug-likeness (QED) is 0.753. The highest BCUT2D eigenvalue weighted by molar-refractivity contribution is 6.07. The van der Waals surface area contributed by atoms with E-state index in [-0.39, 0.29) is 0 Å². The monoisotopic (exact) mass is 352 g/mol. The van der Waals surface area contributed by atoms with E-state index < -0.39 is 0 Å². The van der Waals surface area contributed by atoms with E-state index in [2.05, 4.69) is 58.9 Å². The number of rotatable bonds is 4.